The van der Waals surface area contributed by atoms with E-state index in [2.05, 4.69) is 68.1 Å². The van der Waals surface area contributed by atoms with Crippen molar-refractivity contribution in [1.82, 2.24) is 30.4 Å². The lowest BCUT2D eigenvalue weighted by atomic mass is 10.1. The number of aryl methyl sites for hydroxylation is 2. The Bertz CT molecular complexity index is 998. The van der Waals surface area contributed by atoms with Crippen molar-refractivity contribution >= 4 is 22.8 Å². The zero-order valence-electron chi connectivity index (χ0n) is 18.1. The highest BCUT2D eigenvalue weighted by Crippen LogP contribution is 2.20. The first-order chi connectivity index (χ1) is 14.6. The Balaban J connectivity index is 1.49. The Labute approximate surface area is 177 Å². The number of hydrogen-bond donors (Lipinski definition) is 3. The SMILES string of the molecule is CCCOc1cc(C)ccc1CNC(=NC)NCCNc1ncnc2c1cnn2C. The van der Waals surface area contributed by atoms with Gasteiger partial charge in [-0.05, 0) is 25.0 Å². The van der Waals surface area contributed by atoms with Gasteiger partial charge in [0, 0.05) is 39.3 Å². The van der Waals surface area contributed by atoms with Crippen LogP contribution >= 0.6 is 0 Å². The van der Waals surface area contributed by atoms with Gasteiger partial charge in [0.25, 0.3) is 0 Å². The van der Waals surface area contributed by atoms with E-state index in [0.29, 0.717) is 26.2 Å². The second-order valence-corrected chi connectivity index (χ2v) is 6.97. The summed E-state index contributed by atoms with van der Waals surface area (Å²) in [5.74, 6) is 2.42. The van der Waals surface area contributed by atoms with Crippen LogP contribution in [0.15, 0.2) is 35.7 Å². The number of anilines is 1. The monoisotopic (exact) mass is 410 g/mol. The molecule has 9 nitrogen and oxygen atoms in total. The van der Waals surface area contributed by atoms with Crippen LogP contribution < -0.4 is 20.7 Å². The third kappa shape index (κ3) is 5.37. The second kappa shape index (κ2) is 10.4. The van der Waals surface area contributed by atoms with E-state index < -0.39 is 0 Å². The van der Waals surface area contributed by atoms with Gasteiger partial charge < -0.3 is 20.7 Å². The molecule has 0 radical (unpaired) electrons. The molecule has 0 saturated heterocycles. The van der Waals surface area contributed by atoms with E-state index in [1.807, 2.05) is 7.05 Å². The maximum Gasteiger partial charge on any atom is 0.191 e. The van der Waals surface area contributed by atoms with Crippen molar-refractivity contribution in [2.75, 3.05) is 32.1 Å². The normalized spacial score (nSPS) is 11.5. The topological polar surface area (TPSA) is 101 Å². The molecule has 0 atom stereocenters. The number of guanidine groups is 1. The van der Waals surface area contributed by atoms with Gasteiger partial charge in [0.05, 0.1) is 18.2 Å². The number of hydrogen-bond acceptors (Lipinski definition) is 6. The molecule has 0 saturated carbocycles. The maximum atomic E-state index is 5.89. The molecule has 3 rings (SSSR count). The van der Waals surface area contributed by atoms with E-state index in [1.165, 1.54) is 5.56 Å². The number of aromatic nitrogens is 4. The molecule has 0 aliphatic rings. The quantitative estimate of drug-likeness (QED) is 0.282. The van der Waals surface area contributed by atoms with Crippen LogP contribution in [0.5, 0.6) is 5.75 Å². The Morgan fingerprint density at radius 1 is 1.20 bits per heavy atom. The first kappa shape index (κ1) is 21.4. The van der Waals surface area contributed by atoms with Crippen molar-refractivity contribution in [2.45, 2.75) is 26.8 Å². The molecule has 1 aromatic carbocycles. The predicted molar refractivity (Wildman–Crippen MR) is 120 cm³/mol. The van der Waals surface area contributed by atoms with Crippen LogP contribution in [0.2, 0.25) is 0 Å². The molecule has 0 fully saturated rings. The van der Waals surface area contributed by atoms with E-state index >= 15 is 0 Å². The van der Waals surface area contributed by atoms with Crippen LogP contribution in [0.25, 0.3) is 11.0 Å². The number of nitrogens with zero attached hydrogens (tertiary/aromatic N) is 5. The highest BCUT2D eigenvalue weighted by Gasteiger charge is 2.08. The molecule has 0 unspecified atom stereocenters. The fourth-order valence-corrected chi connectivity index (χ4v) is 3.02. The second-order valence-electron chi connectivity index (χ2n) is 6.97. The van der Waals surface area contributed by atoms with E-state index in [4.69, 9.17) is 4.74 Å². The van der Waals surface area contributed by atoms with Crippen molar-refractivity contribution < 1.29 is 4.74 Å². The maximum absolute atomic E-state index is 5.89. The predicted octanol–water partition coefficient (Wildman–Crippen LogP) is 2.24. The lowest BCUT2D eigenvalue weighted by Crippen LogP contribution is -2.39. The fraction of sp³-hybridized carbons (Fsp3) is 0.429. The van der Waals surface area contributed by atoms with Gasteiger partial charge in [-0.15, -0.1) is 0 Å². The zero-order valence-corrected chi connectivity index (χ0v) is 18.1. The summed E-state index contributed by atoms with van der Waals surface area (Å²) in [6.45, 7) is 6.88. The van der Waals surface area contributed by atoms with Gasteiger partial charge in [-0.3, -0.25) is 9.67 Å². The van der Waals surface area contributed by atoms with Crippen LogP contribution in [0.3, 0.4) is 0 Å². The first-order valence-electron chi connectivity index (χ1n) is 10.2. The molecule has 30 heavy (non-hydrogen) atoms. The average molecular weight is 411 g/mol. The van der Waals surface area contributed by atoms with Gasteiger partial charge in [0.1, 0.15) is 17.9 Å². The van der Waals surface area contributed by atoms with Gasteiger partial charge in [0.2, 0.25) is 0 Å². The summed E-state index contributed by atoms with van der Waals surface area (Å²) in [4.78, 5) is 12.9. The van der Waals surface area contributed by atoms with Crippen LogP contribution in [0.4, 0.5) is 5.82 Å². The number of benzene rings is 1. The number of fused-ring (bicyclic) bond motifs is 1. The van der Waals surface area contributed by atoms with Gasteiger partial charge in [-0.2, -0.15) is 5.10 Å². The summed E-state index contributed by atoms with van der Waals surface area (Å²) in [6, 6.07) is 6.26. The molecule has 0 amide bonds. The minimum Gasteiger partial charge on any atom is -0.493 e. The van der Waals surface area contributed by atoms with E-state index in [9.17, 15) is 0 Å². The smallest absolute Gasteiger partial charge is 0.191 e. The molecule has 0 bridgehead atoms. The van der Waals surface area contributed by atoms with Crippen molar-refractivity contribution in [3.05, 3.63) is 41.9 Å². The minimum absolute atomic E-state index is 0.634. The van der Waals surface area contributed by atoms with E-state index in [-0.39, 0.29) is 0 Å². The largest absolute Gasteiger partial charge is 0.493 e. The summed E-state index contributed by atoms with van der Waals surface area (Å²) in [7, 11) is 3.62. The molecule has 0 spiro atoms. The molecule has 3 aromatic rings. The summed E-state index contributed by atoms with van der Waals surface area (Å²) in [5.41, 5.74) is 3.10. The number of ether oxygens (including phenoxy) is 1. The number of nitrogens with one attached hydrogen (secondary N) is 3. The molecule has 3 N–H and O–H groups in total. The molecular formula is C21H30N8O. The Kier molecular flexibility index (Phi) is 7.42. The highest BCUT2D eigenvalue weighted by atomic mass is 16.5. The van der Waals surface area contributed by atoms with Crippen LogP contribution in [0, 0.1) is 6.92 Å². The summed E-state index contributed by atoms with van der Waals surface area (Å²) in [5, 5.41) is 15.1. The molecular weight excluding hydrogens is 380 g/mol. The minimum atomic E-state index is 0.634. The summed E-state index contributed by atoms with van der Waals surface area (Å²) < 4.78 is 7.62. The first-order valence-corrected chi connectivity index (χ1v) is 10.2. The molecule has 160 valence electrons. The van der Waals surface area contributed by atoms with Crippen molar-refractivity contribution in [3.63, 3.8) is 0 Å². The van der Waals surface area contributed by atoms with E-state index in [1.54, 1.807) is 24.3 Å². The van der Waals surface area contributed by atoms with Gasteiger partial charge >= 0.3 is 0 Å². The third-order valence-corrected chi connectivity index (χ3v) is 4.59. The Hall–Kier alpha value is -3.36. The van der Waals surface area contributed by atoms with Gasteiger partial charge in [-0.1, -0.05) is 19.1 Å². The molecule has 2 aromatic heterocycles. The molecule has 0 aliphatic heterocycles. The highest BCUT2D eigenvalue weighted by molar-refractivity contribution is 5.86. The average Bonchev–Trinajstić information content (AvgIpc) is 3.14. The van der Waals surface area contributed by atoms with Crippen LogP contribution in [0.1, 0.15) is 24.5 Å². The standard InChI is InChI=1S/C21H30N8O/c1-5-10-30-18-11-15(2)6-7-16(18)12-25-21(22-3)24-9-8-23-19-17-13-28-29(4)20(17)27-14-26-19/h6-7,11,13-14H,5,8-10,12H2,1-4H3,(H2,22,24,25)(H,23,26,27). The lowest BCUT2D eigenvalue weighted by molar-refractivity contribution is 0.313. The number of aliphatic imine (C=N–C) groups is 1. The van der Waals surface area contributed by atoms with Gasteiger partial charge in [0.15, 0.2) is 11.6 Å². The van der Waals surface area contributed by atoms with Crippen molar-refractivity contribution in [2.24, 2.45) is 12.0 Å². The number of rotatable bonds is 9. The summed E-state index contributed by atoms with van der Waals surface area (Å²) >= 11 is 0. The van der Waals surface area contributed by atoms with Crippen LogP contribution in [-0.4, -0.2) is 52.5 Å². The van der Waals surface area contributed by atoms with Gasteiger partial charge in [-0.25, -0.2) is 9.97 Å². The Morgan fingerprint density at radius 3 is 2.87 bits per heavy atom. The fourth-order valence-electron chi connectivity index (χ4n) is 3.02. The zero-order chi connectivity index (χ0) is 21.3. The van der Waals surface area contributed by atoms with Crippen molar-refractivity contribution in [3.8, 4) is 5.75 Å². The van der Waals surface area contributed by atoms with Crippen molar-refractivity contribution in [1.29, 1.82) is 0 Å². The Morgan fingerprint density at radius 2 is 2.07 bits per heavy atom. The van der Waals surface area contributed by atoms with E-state index in [0.717, 1.165) is 40.5 Å². The summed E-state index contributed by atoms with van der Waals surface area (Å²) in [6.07, 6.45) is 4.29. The van der Waals surface area contributed by atoms with Crippen LogP contribution in [-0.2, 0) is 13.6 Å². The third-order valence-electron chi connectivity index (χ3n) is 4.59. The molecule has 2 heterocycles. The molecule has 0 aliphatic carbocycles. The molecule has 9 heteroatoms. The lowest BCUT2D eigenvalue weighted by Gasteiger charge is -2.15.